The molecule has 3 N–H and O–H groups in total. The van der Waals surface area contributed by atoms with Gasteiger partial charge in [0.05, 0.1) is 12.4 Å². The van der Waals surface area contributed by atoms with Crippen LogP contribution in [-0.2, 0) is 16.6 Å². The molecule has 7 nitrogen and oxygen atoms in total. The second-order valence-electron chi connectivity index (χ2n) is 6.94. The van der Waals surface area contributed by atoms with E-state index in [0.717, 1.165) is 17.9 Å². The fraction of sp³-hybridized carbons (Fsp3) is 0.350. The lowest BCUT2D eigenvalue weighted by atomic mass is 10.1. The van der Waals surface area contributed by atoms with Crippen LogP contribution in [0.5, 0.6) is 5.75 Å². The van der Waals surface area contributed by atoms with E-state index >= 15 is 0 Å². The maximum atomic E-state index is 12.4. The number of nitrogens with zero attached hydrogens (tertiary/aromatic N) is 1. The number of benzene rings is 2. The first-order valence-corrected chi connectivity index (χ1v) is 10.7. The summed E-state index contributed by atoms with van der Waals surface area (Å²) in [5.74, 6) is 0.557. The smallest absolute Gasteiger partial charge is 0.255 e. The van der Waals surface area contributed by atoms with Crippen molar-refractivity contribution in [2.45, 2.75) is 24.6 Å². The largest absolute Gasteiger partial charge is 0.497 e. The van der Waals surface area contributed by atoms with Crippen molar-refractivity contribution < 1.29 is 17.9 Å². The predicted octanol–water partition coefficient (Wildman–Crippen LogP) is 2.20. The monoisotopic (exact) mass is 403 g/mol. The molecule has 0 spiro atoms. The van der Waals surface area contributed by atoms with E-state index < -0.39 is 15.3 Å². The summed E-state index contributed by atoms with van der Waals surface area (Å²) in [6.07, 6.45) is 1.11. The highest BCUT2D eigenvalue weighted by Crippen LogP contribution is 2.19. The number of nitrogens with two attached hydrogens (primary N) is 1. The molecule has 1 amide bonds. The molecule has 0 aliphatic carbocycles. The molecule has 1 heterocycles. The van der Waals surface area contributed by atoms with Gasteiger partial charge in [0.1, 0.15) is 5.75 Å². The van der Waals surface area contributed by atoms with Gasteiger partial charge in [0, 0.05) is 17.8 Å². The molecule has 1 saturated heterocycles. The molecular formula is C20H25N3O4S. The van der Waals surface area contributed by atoms with E-state index in [4.69, 9.17) is 9.88 Å². The van der Waals surface area contributed by atoms with Gasteiger partial charge < -0.3 is 10.1 Å². The van der Waals surface area contributed by atoms with Gasteiger partial charge in [-0.3, -0.25) is 9.69 Å². The molecule has 1 aliphatic rings. The minimum atomic E-state index is -3.45. The van der Waals surface area contributed by atoms with Crippen LogP contribution in [0, 0.1) is 0 Å². The molecule has 0 unspecified atom stereocenters. The summed E-state index contributed by atoms with van der Waals surface area (Å²) >= 11 is 0. The van der Waals surface area contributed by atoms with Gasteiger partial charge >= 0.3 is 0 Å². The van der Waals surface area contributed by atoms with Crippen molar-refractivity contribution in [1.82, 2.24) is 4.90 Å². The van der Waals surface area contributed by atoms with Crippen LogP contribution < -0.4 is 15.2 Å². The van der Waals surface area contributed by atoms with E-state index in [9.17, 15) is 13.2 Å². The Morgan fingerprint density at radius 3 is 2.25 bits per heavy atom. The molecule has 0 aromatic heterocycles. The van der Waals surface area contributed by atoms with Crippen LogP contribution in [0.1, 0.15) is 28.8 Å². The van der Waals surface area contributed by atoms with Gasteiger partial charge in [-0.05, 0) is 67.9 Å². The fourth-order valence-corrected chi connectivity index (χ4v) is 4.16. The van der Waals surface area contributed by atoms with Crippen LogP contribution >= 0.6 is 0 Å². The van der Waals surface area contributed by atoms with Crippen molar-refractivity contribution in [3.8, 4) is 5.75 Å². The van der Waals surface area contributed by atoms with Crippen LogP contribution in [0.25, 0.3) is 0 Å². The second-order valence-corrected chi connectivity index (χ2v) is 8.79. The van der Waals surface area contributed by atoms with Gasteiger partial charge in [-0.15, -0.1) is 0 Å². The Kier molecular flexibility index (Phi) is 6.33. The van der Waals surface area contributed by atoms with Crippen molar-refractivity contribution in [2.24, 2.45) is 5.14 Å². The summed E-state index contributed by atoms with van der Waals surface area (Å²) < 4.78 is 28.0. The van der Waals surface area contributed by atoms with Crippen molar-refractivity contribution >= 4 is 21.6 Å². The van der Waals surface area contributed by atoms with Gasteiger partial charge in [0.25, 0.3) is 5.91 Å². The highest BCUT2D eigenvalue weighted by atomic mass is 32.2. The summed E-state index contributed by atoms with van der Waals surface area (Å²) in [6.45, 7) is 2.11. The third kappa shape index (κ3) is 5.31. The molecule has 1 fully saturated rings. The number of nitrogens with one attached hydrogen (secondary N) is 1. The minimum Gasteiger partial charge on any atom is -0.497 e. The predicted molar refractivity (Wildman–Crippen MR) is 109 cm³/mol. The number of carbonyl (C=O) groups excluding carboxylic acids is 1. The average Bonchev–Trinajstić information content (AvgIpc) is 2.69. The summed E-state index contributed by atoms with van der Waals surface area (Å²) in [5, 5.41) is 7.65. The van der Waals surface area contributed by atoms with Crippen molar-refractivity contribution in [2.75, 3.05) is 25.5 Å². The lowest BCUT2D eigenvalue weighted by Gasteiger charge is -2.30. The maximum Gasteiger partial charge on any atom is 0.255 e. The SMILES string of the molecule is COc1ccc(NC(=O)c2ccc(CN3CCC(S(N)(=O)=O)CC3)cc2)cc1. The van der Waals surface area contributed by atoms with Crippen LogP contribution in [0.3, 0.4) is 0 Å². The normalized spacial score (nSPS) is 15.9. The number of carbonyl (C=O) groups is 1. The number of methoxy groups -OCH3 is 1. The molecule has 2 aromatic carbocycles. The van der Waals surface area contributed by atoms with Crippen LogP contribution in [-0.4, -0.2) is 44.7 Å². The van der Waals surface area contributed by atoms with Crippen molar-refractivity contribution in [1.29, 1.82) is 0 Å². The zero-order valence-electron chi connectivity index (χ0n) is 15.8. The lowest BCUT2D eigenvalue weighted by Crippen LogP contribution is -2.41. The highest BCUT2D eigenvalue weighted by molar-refractivity contribution is 7.89. The summed E-state index contributed by atoms with van der Waals surface area (Å²) in [7, 11) is -1.85. The topological polar surface area (TPSA) is 102 Å². The van der Waals surface area contributed by atoms with Gasteiger partial charge in [0.2, 0.25) is 10.0 Å². The van der Waals surface area contributed by atoms with E-state index in [1.165, 1.54) is 0 Å². The van der Waals surface area contributed by atoms with E-state index in [2.05, 4.69) is 10.2 Å². The number of hydrogen-bond acceptors (Lipinski definition) is 5. The van der Waals surface area contributed by atoms with Crippen LogP contribution in [0.2, 0.25) is 0 Å². The first-order chi connectivity index (χ1) is 13.3. The maximum absolute atomic E-state index is 12.4. The number of hydrogen-bond donors (Lipinski definition) is 2. The molecule has 3 rings (SSSR count). The number of primary sulfonamides is 1. The third-order valence-corrected chi connectivity index (χ3v) is 6.37. The van der Waals surface area contributed by atoms with Gasteiger partial charge in [0.15, 0.2) is 0 Å². The van der Waals surface area contributed by atoms with Gasteiger partial charge in [-0.2, -0.15) is 0 Å². The second kappa shape index (κ2) is 8.72. The first-order valence-electron chi connectivity index (χ1n) is 9.13. The molecule has 2 aromatic rings. The molecule has 0 saturated carbocycles. The number of amides is 1. The van der Waals surface area contributed by atoms with E-state index in [1.807, 2.05) is 12.1 Å². The zero-order valence-corrected chi connectivity index (χ0v) is 16.6. The number of sulfonamides is 1. The molecule has 0 radical (unpaired) electrons. The van der Waals surface area contributed by atoms with Crippen LogP contribution in [0.15, 0.2) is 48.5 Å². The summed E-state index contributed by atoms with van der Waals surface area (Å²) in [5.41, 5.74) is 2.36. The molecule has 1 aliphatic heterocycles. The zero-order chi connectivity index (χ0) is 20.1. The van der Waals surface area contributed by atoms with Crippen molar-refractivity contribution in [3.05, 3.63) is 59.7 Å². The molecule has 8 heteroatoms. The highest BCUT2D eigenvalue weighted by Gasteiger charge is 2.27. The first kappa shape index (κ1) is 20.3. The Labute approximate surface area is 165 Å². The standard InChI is InChI=1S/C20H25N3O4S/c1-27-18-8-6-17(7-9-18)22-20(24)16-4-2-15(3-5-16)14-23-12-10-19(11-13-23)28(21,25)26/h2-9,19H,10-14H2,1H3,(H,22,24)(H2,21,25,26). The molecule has 28 heavy (non-hydrogen) atoms. The Hall–Kier alpha value is -2.42. The third-order valence-electron chi connectivity index (χ3n) is 4.97. The number of anilines is 1. The number of ether oxygens (including phenoxy) is 1. The van der Waals surface area contributed by atoms with E-state index in [-0.39, 0.29) is 5.91 Å². The number of piperidine rings is 1. The Morgan fingerprint density at radius 1 is 1.11 bits per heavy atom. The summed E-state index contributed by atoms with van der Waals surface area (Å²) in [4.78, 5) is 14.6. The number of likely N-dealkylation sites (tertiary alicyclic amines) is 1. The number of rotatable bonds is 6. The lowest BCUT2D eigenvalue weighted by molar-refractivity contribution is 0.102. The average molecular weight is 404 g/mol. The molecule has 150 valence electrons. The van der Waals surface area contributed by atoms with Gasteiger partial charge in [-0.25, -0.2) is 13.6 Å². The summed E-state index contributed by atoms with van der Waals surface area (Å²) in [6, 6.07) is 14.6. The molecule has 0 atom stereocenters. The molecule has 0 bridgehead atoms. The Balaban J connectivity index is 1.54. The van der Waals surface area contributed by atoms with Gasteiger partial charge in [-0.1, -0.05) is 12.1 Å². The van der Waals surface area contributed by atoms with E-state index in [0.29, 0.717) is 37.2 Å². The Bertz CT molecular complexity index is 903. The van der Waals surface area contributed by atoms with Crippen LogP contribution in [0.4, 0.5) is 5.69 Å². The molecular weight excluding hydrogens is 378 g/mol. The fourth-order valence-electron chi connectivity index (χ4n) is 3.29. The quantitative estimate of drug-likeness (QED) is 0.770. The minimum absolute atomic E-state index is 0.175. The Morgan fingerprint density at radius 2 is 1.71 bits per heavy atom. The van der Waals surface area contributed by atoms with E-state index in [1.54, 1.807) is 43.5 Å². The van der Waals surface area contributed by atoms with Crippen molar-refractivity contribution in [3.63, 3.8) is 0 Å².